The number of aliphatic hydroxyl groups excluding tert-OH is 1. The van der Waals surface area contributed by atoms with Crippen LogP contribution in [0.5, 0.6) is 5.88 Å². The topological polar surface area (TPSA) is 77.5 Å². The van der Waals surface area contributed by atoms with Crippen LogP contribution in [0.2, 0.25) is 5.28 Å². The van der Waals surface area contributed by atoms with Crippen LogP contribution in [0.25, 0.3) is 11.2 Å². The molecule has 0 aliphatic heterocycles. The third-order valence-electron chi connectivity index (χ3n) is 3.45. The third-order valence-corrected chi connectivity index (χ3v) is 3.62. The summed E-state index contributed by atoms with van der Waals surface area (Å²) in [6.07, 6.45) is 1.07. The van der Waals surface area contributed by atoms with Gasteiger partial charge >= 0.3 is 0 Å². The number of ether oxygens (including phenoxy) is 1. The van der Waals surface area contributed by atoms with Gasteiger partial charge in [-0.05, 0) is 25.4 Å². The van der Waals surface area contributed by atoms with Crippen LogP contribution < -0.4 is 9.64 Å². The third kappa shape index (κ3) is 3.81. The first kappa shape index (κ1) is 15.9. The van der Waals surface area contributed by atoms with Crippen LogP contribution in [0.3, 0.4) is 0 Å². The summed E-state index contributed by atoms with van der Waals surface area (Å²) in [6.45, 7) is 6.93. The Morgan fingerprint density at radius 2 is 2.10 bits per heavy atom. The van der Waals surface area contributed by atoms with Crippen LogP contribution >= 0.6 is 11.6 Å². The Hall–Kier alpha value is -1.44. The smallest absolute Gasteiger partial charge is 0.244 e. The molecule has 1 atom stereocenters. The van der Waals surface area contributed by atoms with Crippen molar-refractivity contribution in [3.05, 3.63) is 11.6 Å². The Balaban J connectivity index is 2.08. The first-order valence-electron chi connectivity index (χ1n) is 7.04. The van der Waals surface area contributed by atoms with Crippen molar-refractivity contribution in [2.75, 3.05) is 26.2 Å². The number of hydrogen-bond acceptors (Lipinski definition) is 5. The number of fused-ring (bicyclic) bond motifs is 1. The second kappa shape index (κ2) is 7.02. The van der Waals surface area contributed by atoms with Crippen LogP contribution in [0, 0.1) is 0 Å². The highest BCUT2D eigenvalue weighted by Gasteiger charge is 2.16. The number of nitrogens with zero attached hydrogens (tertiary/aromatic N) is 4. The molecule has 0 bridgehead atoms. The molecule has 0 aliphatic rings. The van der Waals surface area contributed by atoms with Gasteiger partial charge in [-0.25, -0.2) is 4.98 Å². The summed E-state index contributed by atoms with van der Waals surface area (Å²) >= 11 is 5.86. The Morgan fingerprint density at radius 1 is 1.38 bits per heavy atom. The summed E-state index contributed by atoms with van der Waals surface area (Å²) < 4.78 is 7.40. The quantitative estimate of drug-likeness (QED) is 0.685. The second-order valence-electron chi connectivity index (χ2n) is 4.95. The first-order valence-corrected chi connectivity index (χ1v) is 7.41. The fourth-order valence-electron chi connectivity index (χ4n) is 2.20. The van der Waals surface area contributed by atoms with Gasteiger partial charge in [0, 0.05) is 7.05 Å². The van der Waals surface area contributed by atoms with Gasteiger partial charge in [-0.1, -0.05) is 0 Å². The predicted molar refractivity (Wildman–Crippen MR) is 79.7 cm³/mol. The molecule has 0 saturated carbocycles. The van der Waals surface area contributed by atoms with Gasteiger partial charge < -0.3 is 19.3 Å². The van der Waals surface area contributed by atoms with Gasteiger partial charge in [0.05, 0.1) is 19.4 Å². The van der Waals surface area contributed by atoms with E-state index in [-0.39, 0.29) is 11.9 Å². The van der Waals surface area contributed by atoms with E-state index in [2.05, 4.69) is 28.8 Å². The van der Waals surface area contributed by atoms with Crippen molar-refractivity contribution in [1.29, 1.82) is 0 Å². The number of imidazole rings is 1. The molecule has 2 N–H and O–H groups in total. The molecule has 2 aromatic heterocycles. The molecule has 0 unspecified atom stereocenters. The van der Waals surface area contributed by atoms with E-state index in [1.165, 1.54) is 4.90 Å². The lowest BCUT2D eigenvalue weighted by molar-refractivity contribution is -0.899. The molecule has 8 heteroatoms. The predicted octanol–water partition coefficient (Wildman–Crippen LogP) is -0.319. The van der Waals surface area contributed by atoms with Gasteiger partial charge in [0.15, 0.2) is 11.2 Å². The standard InChI is InChI=1S/C13H20ClN5O2/c1-4-19(5-2)6-9(20)7-21-12-10-11(15-8-18(10)3)16-13(14)17-12/h8-9,20H,4-7H2,1-3H3/p+1/t9-/m0/s1. The summed E-state index contributed by atoms with van der Waals surface area (Å²) in [7, 11) is 1.83. The molecule has 0 amide bonds. The van der Waals surface area contributed by atoms with Crippen molar-refractivity contribution in [3.63, 3.8) is 0 Å². The number of aliphatic hydroxyl groups is 1. The number of halogens is 1. The van der Waals surface area contributed by atoms with Crippen molar-refractivity contribution < 1.29 is 14.7 Å². The number of nitrogens with one attached hydrogen (secondary N) is 1. The minimum Gasteiger partial charge on any atom is -0.473 e. The molecule has 0 radical (unpaired) electrons. The van der Waals surface area contributed by atoms with Gasteiger partial charge in [0.2, 0.25) is 11.2 Å². The Morgan fingerprint density at radius 3 is 2.76 bits per heavy atom. The van der Waals surface area contributed by atoms with Gasteiger partial charge in [-0.3, -0.25) is 0 Å². The van der Waals surface area contributed by atoms with Gasteiger partial charge in [0.1, 0.15) is 19.3 Å². The summed E-state index contributed by atoms with van der Waals surface area (Å²) in [6, 6.07) is 0. The Kier molecular flexibility index (Phi) is 5.33. The number of aryl methyl sites for hydroxylation is 1. The van der Waals surface area contributed by atoms with E-state index in [1.54, 1.807) is 10.9 Å². The summed E-state index contributed by atoms with van der Waals surface area (Å²) in [5.74, 6) is 0.346. The van der Waals surface area contributed by atoms with E-state index < -0.39 is 6.10 Å². The molecule has 7 nitrogen and oxygen atoms in total. The molecule has 0 aromatic carbocycles. The molecule has 116 valence electrons. The monoisotopic (exact) mass is 314 g/mol. The van der Waals surface area contributed by atoms with Crippen molar-refractivity contribution in [2.24, 2.45) is 7.05 Å². The van der Waals surface area contributed by atoms with E-state index >= 15 is 0 Å². The van der Waals surface area contributed by atoms with Gasteiger partial charge in [-0.15, -0.1) is 0 Å². The highest BCUT2D eigenvalue weighted by atomic mass is 35.5. The lowest BCUT2D eigenvalue weighted by Gasteiger charge is -2.19. The van der Waals surface area contributed by atoms with Crippen LogP contribution in [0.1, 0.15) is 13.8 Å². The summed E-state index contributed by atoms with van der Waals surface area (Å²) in [4.78, 5) is 13.6. The molecule has 0 fully saturated rings. The highest BCUT2D eigenvalue weighted by Crippen LogP contribution is 2.22. The zero-order valence-corrected chi connectivity index (χ0v) is 13.3. The normalized spacial score (nSPS) is 13.0. The Bertz CT molecular complexity index is 600. The lowest BCUT2D eigenvalue weighted by Crippen LogP contribution is -3.12. The summed E-state index contributed by atoms with van der Waals surface area (Å²) in [5, 5.41) is 10.1. The highest BCUT2D eigenvalue weighted by molar-refractivity contribution is 6.28. The molecule has 2 rings (SSSR count). The van der Waals surface area contributed by atoms with E-state index in [0.717, 1.165) is 13.1 Å². The van der Waals surface area contributed by atoms with Crippen LogP contribution in [-0.4, -0.2) is 57.0 Å². The lowest BCUT2D eigenvalue weighted by atomic mass is 10.3. The minimum absolute atomic E-state index is 0.0834. The van der Waals surface area contributed by atoms with E-state index in [9.17, 15) is 5.11 Å². The fraction of sp³-hybridized carbons (Fsp3) is 0.615. The van der Waals surface area contributed by atoms with Crippen LogP contribution in [0.15, 0.2) is 6.33 Å². The zero-order chi connectivity index (χ0) is 15.4. The average Bonchev–Trinajstić information content (AvgIpc) is 2.83. The molecular weight excluding hydrogens is 294 g/mol. The van der Waals surface area contributed by atoms with Gasteiger partial charge in [0.25, 0.3) is 0 Å². The number of quaternary nitrogens is 1. The van der Waals surface area contributed by atoms with Crippen LogP contribution in [-0.2, 0) is 7.05 Å². The average molecular weight is 315 g/mol. The van der Waals surface area contributed by atoms with Crippen molar-refractivity contribution in [2.45, 2.75) is 20.0 Å². The number of aromatic nitrogens is 4. The maximum atomic E-state index is 10.1. The SMILES string of the molecule is CC[NH+](CC)C[C@H](O)COc1nc(Cl)nc2ncn(C)c12. The molecular formula is C13H21ClN5O2+. The van der Waals surface area contributed by atoms with Crippen molar-refractivity contribution in [3.8, 4) is 5.88 Å². The molecule has 21 heavy (non-hydrogen) atoms. The maximum absolute atomic E-state index is 10.1. The molecule has 0 aliphatic carbocycles. The fourth-order valence-corrected chi connectivity index (χ4v) is 2.36. The van der Waals surface area contributed by atoms with Crippen molar-refractivity contribution >= 4 is 22.8 Å². The van der Waals surface area contributed by atoms with E-state index in [1.807, 2.05) is 7.05 Å². The van der Waals surface area contributed by atoms with E-state index in [4.69, 9.17) is 16.3 Å². The summed E-state index contributed by atoms with van der Waals surface area (Å²) in [5.41, 5.74) is 1.15. The van der Waals surface area contributed by atoms with E-state index in [0.29, 0.717) is 23.6 Å². The zero-order valence-electron chi connectivity index (χ0n) is 12.5. The first-order chi connectivity index (χ1) is 10.0. The number of hydrogen-bond donors (Lipinski definition) is 2. The molecule has 2 heterocycles. The maximum Gasteiger partial charge on any atom is 0.244 e. The van der Waals surface area contributed by atoms with Crippen molar-refractivity contribution in [1.82, 2.24) is 19.5 Å². The minimum atomic E-state index is -0.558. The van der Waals surface area contributed by atoms with Crippen LogP contribution in [0.4, 0.5) is 0 Å². The molecule has 0 saturated heterocycles. The number of likely N-dealkylation sites (N-methyl/N-ethyl adjacent to an activating group) is 1. The number of rotatable bonds is 7. The second-order valence-corrected chi connectivity index (χ2v) is 5.29. The van der Waals surface area contributed by atoms with Gasteiger partial charge in [-0.2, -0.15) is 9.97 Å². The molecule has 0 spiro atoms. The molecule has 2 aromatic rings. The Labute approximate surface area is 128 Å². The largest absolute Gasteiger partial charge is 0.473 e.